The van der Waals surface area contributed by atoms with Crippen LogP contribution in [0.2, 0.25) is 5.02 Å². The predicted molar refractivity (Wildman–Crippen MR) is 80.0 cm³/mol. The minimum atomic E-state index is -0.127. The Kier molecular flexibility index (Phi) is 3.52. The third kappa shape index (κ3) is 2.58. The molecule has 4 heteroatoms. The third-order valence-corrected chi connectivity index (χ3v) is 3.31. The summed E-state index contributed by atoms with van der Waals surface area (Å²) in [6, 6.07) is 13.2. The van der Waals surface area contributed by atoms with Crippen molar-refractivity contribution in [3.05, 3.63) is 65.6 Å². The first-order valence-corrected chi connectivity index (χ1v) is 6.74. The van der Waals surface area contributed by atoms with Crippen LogP contribution in [-0.4, -0.2) is 9.97 Å². The molecule has 3 aromatic rings. The highest BCUT2D eigenvalue weighted by molar-refractivity contribution is 6.31. The minimum Gasteiger partial charge on any atom is -0.484 e. The van der Waals surface area contributed by atoms with Gasteiger partial charge in [0.2, 0.25) is 0 Å². The van der Waals surface area contributed by atoms with Gasteiger partial charge in [0.1, 0.15) is 11.9 Å². The lowest BCUT2D eigenvalue weighted by Gasteiger charge is -2.15. The number of fused-ring (bicyclic) bond motifs is 1. The van der Waals surface area contributed by atoms with E-state index in [2.05, 4.69) is 9.97 Å². The molecule has 0 bridgehead atoms. The van der Waals surface area contributed by atoms with Crippen LogP contribution in [-0.2, 0) is 0 Å². The van der Waals surface area contributed by atoms with Crippen molar-refractivity contribution in [3.8, 4) is 5.75 Å². The summed E-state index contributed by atoms with van der Waals surface area (Å²) < 4.78 is 6.01. The van der Waals surface area contributed by atoms with Gasteiger partial charge >= 0.3 is 0 Å². The highest BCUT2D eigenvalue weighted by Crippen LogP contribution is 2.29. The van der Waals surface area contributed by atoms with Gasteiger partial charge in [-0.25, -0.2) is 0 Å². The van der Waals surface area contributed by atoms with Crippen LogP contribution in [0.1, 0.15) is 18.7 Å². The monoisotopic (exact) mass is 284 g/mol. The number of ether oxygens (including phenoxy) is 1. The molecule has 0 saturated carbocycles. The Bertz CT molecular complexity index is 731. The van der Waals surface area contributed by atoms with Gasteiger partial charge in [0, 0.05) is 22.8 Å². The average Bonchev–Trinajstić information content (AvgIpc) is 2.48. The molecule has 0 radical (unpaired) electrons. The fourth-order valence-corrected chi connectivity index (χ4v) is 2.23. The van der Waals surface area contributed by atoms with Crippen LogP contribution in [0.3, 0.4) is 0 Å². The SMILES string of the molecule is CC(Oc1ccnc2cc(Cl)ccc12)c1ccccn1. The van der Waals surface area contributed by atoms with Gasteiger partial charge in [0.05, 0.1) is 11.2 Å². The van der Waals surface area contributed by atoms with E-state index >= 15 is 0 Å². The second-order valence-corrected chi connectivity index (χ2v) is 4.92. The molecule has 0 amide bonds. The molecule has 20 heavy (non-hydrogen) atoms. The first kappa shape index (κ1) is 12.9. The number of rotatable bonds is 3. The normalized spacial score (nSPS) is 12.3. The van der Waals surface area contributed by atoms with Gasteiger partial charge in [0.15, 0.2) is 0 Å². The van der Waals surface area contributed by atoms with Crippen LogP contribution in [0.4, 0.5) is 0 Å². The first-order chi connectivity index (χ1) is 9.74. The highest BCUT2D eigenvalue weighted by Gasteiger charge is 2.11. The largest absolute Gasteiger partial charge is 0.484 e. The summed E-state index contributed by atoms with van der Waals surface area (Å²) in [6.07, 6.45) is 3.36. The molecule has 0 N–H and O–H groups in total. The number of aromatic nitrogens is 2. The number of hydrogen-bond acceptors (Lipinski definition) is 3. The Morgan fingerprint density at radius 1 is 1.05 bits per heavy atom. The van der Waals surface area contributed by atoms with Gasteiger partial charge in [-0.3, -0.25) is 9.97 Å². The predicted octanol–water partition coefficient (Wildman–Crippen LogP) is 4.42. The Morgan fingerprint density at radius 3 is 2.75 bits per heavy atom. The van der Waals surface area contributed by atoms with Gasteiger partial charge in [0.25, 0.3) is 0 Å². The Hall–Kier alpha value is -2.13. The summed E-state index contributed by atoms with van der Waals surface area (Å²) in [7, 11) is 0. The first-order valence-electron chi connectivity index (χ1n) is 6.36. The van der Waals surface area contributed by atoms with Gasteiger partial charge in [-0.2, -0.15) is 0 Å². The lowest BCUT2D eigenvalue weighted by atomic mass is 10.2. The maximum Gasteiger partial charge on any atom is 0.138 e. The van der Waals surface area contributed by atoms with Crippen molar-refractivity contribution >= 4 is 22.5 Å². The van der Waals surface area contributed by atoms with Gasteiger partial charge < -0.3 is 4.74 Å². The molecule has 2 aromatic heterocycles. The molecule has 0 fully saturated rings. The van der Waals surface area contributed by atoms with E-state index in [0.717, 1.165) is 22.3 Å². The van der Waals surface area contributed by atoms with Crippen LogP contribution in [0.25, 0.3) is 10.9 Å². The van der Waals surface area contributed by atoms with Crippen LogP contribution in [0, 0.1) is 0 Å². The van der Waals surface area contributed by atoms with Crippen molar-refractivity contribution in [1.82, 2.24) is 9.97 Å². The number of halogens is 1. The minimum absolute atomic E-state index is 0.127. The molecule has 3 nitrogen and oxygen atoms in total. The van der Waals surface area contributed by atoms with Crippen molar-refractivity contribution in [2.45, 2.75) is 13.0 Å². The topological polar surface area (TPSA) is 35.0 Å². The van der Waals surface area contributed by atoms with E-state index in [1.807, 2.05) is 49.4 Å². The summed E-state index contributed by atoms with van der Waals surface area (Å²) in [6.45, 7) is 1.98. The zero-order chi connectivity index (χ0) is 13.9. The van der Waals surface area contributed by atoms with Crippen LogP contribution >= 0.6 is 11.6 Å². The van der Waals surface area contributed by atoms with Crippen LogP contribution < -0.4 is 4.74 Å². The standard InChI is InChI=1S/C16H13ClN2O/c1-11(14-4-2-3-8-18-14)20-16-7-9-19-15-10-12(17)5-6-13(15)16/h2-11H,1H3. The second-order valence-electron chi connectivity index (χ2n) is 4.49. The molecule has 0 aliphatic heterocycles. The van der Waals surface area contributed by atoms with Crippen molar-refractivity contribution in [2.24, 2.45) is 0 Å². The Morgan fingerprint density at radius 2 is 1.95 bits per heavy atom. The van der Waals surface area contributed by atoms with Crippen LogP contribution in [0.5, 0.6) is 5.75 Å². The van der Waals surface area contributed by atoms with Crippen molar-refractivity contribution in [3.63, 3.8) is 0 Å². The fourth-order valence-electron chi connectivity index (χ4n) is 2.07. The van der Waals surface area contributed by atoms with Crippen molar-refractivity contribution in [1.29, 1.82) is 0 Å². The molecule has 1 aromatic carbocycles. The molecule has 0 aliphatic rings. The van der Waals surface area contributed by atoms with Crippen molar-refractivity contribution in [2.75, 3.05) is 0 Å². The molecule has 100 valence electrons. The number of benzene rings is 1. The third-order valence-electron chi connectivity index (χ3n) is 3.07. The fraction of sp³-hybridized carbons (Fsp3) is 0.125. The van der Waals surface area contributed by atoms with E-state index in [1.54, 1.807) is 12.4 Å². The van der Waals surface area contributed by atoms with Crippen molar-refractivity contribution < 1.29 is 4.74 Å². The zero-order valence-electron chi connectivity index (χ0n) is 11.0. The Labute approximate surface area is 122 Å². The average molecular weight is 285 g/mol. The highest BCUT2D eigenvalue weighted by atomic mass is 35.5. The number of pyridine rings is 2. The van der Waals surface area contributed by atoms with E-state index in [-0.39, 0.29) is 6.10 Å². The van der Waals surface area contributed by atoms with E-state index < -0.39 is 0 Å². The summed E-state index contributed by atoms with van der Waals surface area (Å²) in [5, 5.41) is 1.61. The molecule has 1 unspecified atom stereocenters. The summed E-state index contributed by atoms with van der Waals surface area (Å²) in [4.78, 5) is 8.61. The smallest absolute Gasteiger partial charge is 0.138 e. The molecule has 3 rings (SSSR count). The van der Waals surface area contributed by atoms with E-state index in [0.29, 0.717) is 5.02 Å². The molecule has 0 aliphatic carbocycles. The summed E-state index contributed by atoms with van der Waals surface area (Å²) in [5.41, 5.74) is 1.72. The summed E-state index contributed by atoms with van der Waals surface area (Å²) >= 11 is 5.98. The maximum absolute atomic E-state index is 6.01. The molecule has 2 heterocycles. The second kappa shape index (κ2) is 5.47. The quantitative estimate of drug-likeness (QED) is 0.714. The van der Waals surface area contributed by atoms with Crippen LogP contribution in [0.15, 0.2) is 54.9 Å². The van der Waals surface area contributed by atoms with Gasteiger partial charge in [-0.05, 0) is 43.3 Å². The zero-order valence-corrected chi connectivity index (χ0v) is 11.7. The van der Waals surface area contributed by atoms with Gasteiger partial charge in [-0.1, -0.05) is 17.7 Å². The number of nitrogens with zero attached hydrogens (tertiary/aromatic N) is 2. The Balaban J connectivity index is 1.95. The molecule has 1 atom stereocenters. The number of hydrogen-bond donors (Lipinski definition) is 0. The lowest BCUT2D eigenvalue weighted by Crippen LogP contribution is -2.05. The molecule has 0 saturated heterocycles. The molecular weight excluding hydrogens is 272 g/mol. The van der Waals surface area contributed by atoms with E-state index in [4.69, 9.17) is 16.3 Å². The molecular formula is C16H13ClN2O. The maximum atomic E-state index is 6.01. The summed E-state index contributed by atoms with van der Waals surface area (Å²) in [5.74, 6) is 0.782. The van der Waals surface area contributed by atoms with Gasteiger partial charge in [-0.15, -0.1) is 0 Å². The molecule has 0 spiro atoms. The van der Waals surface area contributed by atoms with E-state index in [9.17, 15) is 0 Å². The van der Waals surface area contributed by atoms with E-state index in [1.165, 1.54) is 0 Å². The lowest BCUT2D eigenvalue weighted by molar-refractivity contribution is 0.225.